The van der Waals surface area contributed by atoms with Crippen molar-refractivity contribution in [1.82, 2.24) is 0 Å². The number of esters is 2. The van der Waals surface area contributed by atoms with Crippen molar-refractivity contribution in [2.45, 2.75) is 26.7 Å². The van der Waals surface area contributed by atoms with Crippen LogP contribution in [0, 0.1) is 0 Å². The Kier molecular flexibility index (Phi) is 8.98. The molecule has 0 aliphatic heterocycles. The van der Waals surface area contributed by atoms with Crippen LogP contribution in [-0.2, 0) is 25.5 Å². The van der Waals surface area contributed by atoms with Crippen LogP contribution in [0.25, 0.3) is 6.08 Å². The van der Waals surface area contributed by atoms with E-state index in [1.54, 1.807) is 12.1 Å². The third-order valence-corrected chi connectivity index (χ3v) is 3.39. The van der Waals surface area contributed by atoms with Crippen LogP contribution in [0.1, 0.15) is 31.4 Å². The van der Waals surface area contributed by atoms with Crippen LogP contribution in [0.3, 0.4) is 0 Å². The molecule has 0 amide bonds. The maximum Gasteiger partial charge on any atom is 0.345 e. The van der Waals surface area contributed by atoms with Gasteiger partial charge in [0.2, 0.25) is 0 Å². The number of hydrogen-bond donors (Lipinski definition) is 0. The smallest absolute Gasteiger partial charge is 0.345 e. The molecule has 0 spiro atoms. The average Bonchev–Trinajstić information content (AvgIpc) is 2.64. The summed E-state index contributed by atoms with van der Waals surface area (Å²) in [6, 6.07) is 3.54. The molecule has 1 aromatic rings. The van der Waals surface area contributed by atoms with E-state index in [0.717, 1.165) is 12.0 Å². The van der Waals surface area contributed by atoms with Crippen molar-refractivity contribution in [2.24, 2.45) is 0 Å². The SMILES string of the molecule is C=CCc1cc(C=C(C(=O)OC)C(=O)OC)cc(OCC)c1OCCC. The summed E-state index contributed by atoms with van der Waals surface area (Å²) in [7, 11) is 2.41. The number of allylic oxidation sites excluding steroid dienone is 1. The molecule has 142 valence electrons. The minimum Gasteiger partial charge on any atom is -0.490 e. The van der Waals surface area contributed by atoms with E-state index in [2.05, 4.69) is 16.1 Å². The first-order valence-corrected chi connectivity index (χ1v) is 8.43. The molecule has 0 unspecified atom stereocenters. The van der Waals surface area contributed by atoms with Crippen LogP contribution < -0.4 is 9.47 Å². The molecule has 0 fully saturated rings. The Morgan fingerprint density at radius 1 is 1.08 bits per heavy atom. The quantitative estimate of drug-likeness (QED) is 0.209. The predicted molar refractivity (Wildman–Crippen MR) is 99.3 cm³/mol. The van der Waals surface area contributed by atoms with Gasteiger partial charge in [0.1, 0.15) is 5.57 Å². The van der Waals surface area contributed by atoms with Gasteiger partial charge in [-0.15, -0.1) is 6.58 Å². The number of benzene rings is 1. The second kappa shape index (κ2) is 11.0. The zero-order valence-electron chi connectivity index (χ0n) is 15.8. The molecule has 0 heterocycles. The van der Waals surface area contributed by atoms with E-state index in [9.17, 15) is 9.59 Å². The van der Waals surface area contributed by atoms with Crippen LogP contribution in [-0.4, -0.2) is 39.4 Å². The van der Waals surface area contributed by atoms with Gasteiger partial charge >= 0.3 is 11.9 Å². The third kappa shape index (κ3) is 5.65. The summed E-state index contributed by atoms with van der Waals surface area (Å²) in [5.74, 6) is -0.359. The van der Waals surface area contributed by atoms with Gasteiger partial charge in [-0.2, -0.15) is 0 Å². The lowest BCUT2D eigenvalue weighted by atomic mass is 10.0. The number of methoxy groups -OCH3 is 2. The van der Waals surface area contributed by atoms with Crippen LogP contribution in [0.5, 0.6) is 11.5 Å². The largest absolute Gasteiger partial charge is 0.490 e. The number of hydrogen-bond acceptors (Lipinski definition) is 6. The maximum absolute atomic E-state index is 11.9. The van der Waals surface area contributed by atoms with Gasteiger partial charge in [-0.05, 0) is 43.5 Å². The van der Waals surface area contributed by atoms with Crippen molar-refractivity contribution in [3.05, 3.63) is 41.5 Å². The van der Waals surface area contributed by atoms with E-state index in [4.69, 9.17) is 9.47 Å². The van der Waals surface area contributed by atoms with Crippen molar-refractivity contribution in [3.8, 4) is 11.5 Å². The van der Waals surface area contributed by atoms with Crippen LogP contribution in [0.2, 0.25) is 0 Å². The van der Waals surface area contributed by atoms with Crippen molar-refractivity contribution < 1.29 is 28.5 Å². The molecule has 0 bridgehead atoms. The highest BCUT2D eigenvalue weighted by molar-refractivity contribution is 6.17. The summed E-state index contributed by atoms with van der Waals surface area (Å²) >= 11 is 0. The zero-order valence-corrected chi connectivity index (χ0v) is 15.8. The Hall–Kier alpha value is -2.76. The lowest BCUT2D eigenvalue weighted by Gasteiger charge is -2.16. The Morgan fingerprint density at radius 3 is 2.23 bits per heavy atom. The Morgan fingerprint density at radius 2 is 1.73 bits per heavy atom. The second-order valence-electron chi connectivity index (χ2n) is 5.32. The first kappa shape index (κ1) is 21.3. The molecule has 6 heteroatoms. The Balaban J connectivity index is 3.50. The minimum absolute atomic E-state index is 0.204. The van der Waals surface area contributed by atoms with E-state index in [0.29, 0.717) is 36.7 Å². The molecule has 0 aromatic heterocycles. The molecule has 0 N–H and O–H groups in total. The first-order chi connectivity index (χ1) is 12.5. The van der Waals surface area contributed by atoms with Crippen molar-refractivity contribution in [2.75, 3.05) is 27.4 Å². The van der Waals surface area contributed by atoms with E-state index >= 15 is 0 Å². The highest BCUT2D eigenvalue weighted by Gasteiger charge is 2.21. The van der Waals surface area contributed by atoms with E-state index < -0.39 is 11.9 Å². The molecule has 0 atom stereocenters. The van der Waals surface area contributed by atoms with Crippen LogP contribution in [0.4, 0.5) is 0 Å². The van der Waals surface area contributed by atoms with E-state index in [1.165, 1.54) is 20.3 Å². The van der Waals surface area contributed by atoms with E-state index in [-0.39, 0.29) is 5.57 Å². The average molecular weight is 362 g/mol. The summed E-state index contributed by atoms with van der Waals surface area (Å²) in [6.45, 7) is 8.65. The minimum atomic E-state index is -0.772. The number of carbonyl (C=O) groups is 2. The predicted octanol–water partition coefficient (Wildman–Crippen LogP) is 3.33. The first-order valence-electron chi connectivity index (χ1n) is 8.43. The lowest BCUT2D eigenvalue weighted by molar-refractivity contribution is -0.143. The number of ether oxygens (including phenoxy) is 4. The number of rotatable bonds is 10. The molecule has 0 saturated heterocycles. The fraction of sp³-hybridized carbons (Fsp3) is 0.400. The van der Waals surface area contributed by atoms with Gasteiger partial charge in [0, 0.05) is 5.56 Å². The van der Waals surface area contributed by atoms with Crippen LogP contribution in [0.15, 0.2) is 30.4 Å². The van der Waals surface area contributed by atoms with Gasteiger partial charge in [0.25, 0.3) is 0 Å². The summed E-state index contributed by atoms with van der Waals surface area (Å²) in [5, 5.41) is 0. The molecular formula is C20H26O6. The lowest BCUT2D eigenvalue weighted by Crippen LogP contribution is -2.15. The summed E-state index contributed by atoms with van der Waals surface area (Å²) < 4.78 is 20.9. The summed E-state index contributed by atoms with van der Waals surface area (Å²) in [4.78, 5) is 23.8. The van der Waals surface area contributed by atoms with Gasteiger partial charge in [-0.25, -0.2) is 9.59 Å². The van der Waals surface area contributed by atoms with Crippen molar-refractivity contribution >= 4 is 18.0 Å². The van der Waals surface area contributed by atoms with Crippen molar-refractivity contribution in [3.63, 3.8) is 0 Å². The highest BCUT2D eigenvalue weighted by Crippen LogP contribution is 2.35. The van der Waals surface area contributed by atoms with Gasteiger partial charge in [0.05, 0.1) is 27.4 Å². The van der Waals surface area contributed by atoms with Gasteiger partial charge < -0.3 is 18.9 Å². The molecule has 0 aliphatic rings. The van der Waals surface area contributed by atoms with Gasteiger partial charge in [0.15, 0.2) is 11.5 Å². The monoisotopic (exact) mass is 362 g/mol. The third-order valence-electron chi connectivity index (χ3n) is 3.39. The normalized spacial score (nSPS) is 9.85. The molecule has 0 aliphatic carbocycles. The standard InChI is InChI=1S/C20H26O6/c1-6-9-15-11-14(12-16(19(21)23-4)20(22)24-5)13-17(25-8-3)18(15)26-10-7-2/h6,11-13H,1,7-10H2,2-5H3. The Labute approximate surface area is 154 Å². The summed E-state index contributed by atoms with van der Waals surface area (Å²) in [5.41, 5.74) is 1.24. The summed E-state index contributed by atoms with van der Waals surface area (Å²) in [6.07, 6.45) is 4.57. The highest BCUT2D eigenvalue weighted by atomic mass is 16.5. The van der Waals surface area contributed by atoms with E-state index in [1.807, 2.05) is 19.9 Å². The van der Waals surface area contributed by atoms with Crippen LogP contribution >= 0.6 is 0 Å². The molecule has 6 nitrogen and oxygen atoms in total. The fourth-order valence-electron chi connectivity index (χ4n) is 2.29. The van der Waals surface area contributed by atoms with Gasteiger partial charge in [-0.3, -0.25) is 0 Å². The topological polar surface area (TPSA) is 71.1 Å². The molecule has 0 radical (unpaired) electrons. The van der Waals surface area contributed by atoms with Crippen molar-refractivity contribution in [1.29, 1.82) is 0 Å². The maximum atomic E-state index is 11.9. The molecule has 0 saturated carbocycles. The fourth-order valence-corrected chi connectivity index (χ4v) is 2.29. The molecule has 26 heavy (non-hydrogen) atoms. The van der Waals surface area contributed by atoms with Gasteiger partial charge in [-0.1, -0.05) is 13.0 Å². The Bertz CT molecular complexity index is 657. The zero-order chi connectivity index (χ0) is 19.5. The second-order valence-corrected chi connectivity index (χ2v) is 5.32. The molecular weight excluding hydrogens is 336 g/mol. The molecule has 1 aromatic carbocycles. The number of carbonyl (C=O) groups excluding carboxylic acids is 2. The molecule has 1 rings (SSSR count).